The van der Waals surface area contributed by atoms with Crippen molar-refractivity contribution in [1.29, 1.82) is 5.26 Å². The first-order chi connectivity index (χ1) is 6.42. The molecule has 2 heteroatoms. The molecule has 0 unspecified atom stereocenters. The van der Waals surface area contributed by atoms with Crippen molar-refractivity contribution in [2.45, 2.75) is 0 Å². The van der Waals surface area contributed by atoms with Crippen LogP contribution in [0, 0.1) is 16.7 Å². The van der Waals surface area contributed by atoms with E-state index in [4.69, 9.17) is 5.26 Å². The Morgan fingerprint density at radius 1 is 1.23 bits per heavy atom. The Kier molecular flexibility index (Phi) is 2.11. The van der Waals surface area contributed by atoms with Crippen LogP contribution in [-0.2, 0) is 0 Å². The summed E-state index contributed by atoms with van der Waals surface area (Å²) in [5, 5.41) is 13.7. The number of nitriles is 1. The van der Waals surface area contributed by atoms with E-state index in [1.165, 1.54) is 11.3 Å². The lowest BCUT2D eigenvalue weighted by atomic mass is 10.1. The lowest BCUT2D eigenvalue weighted by Crippen LogP contribution is -1.76. The average molecular weight is 184 g/mol. The third-order valence-corrected chi connectivity index (χ3v) is 2.47. The molecule has 0 amide bonds. The molecular formula is C11H6NS. The first-order valence-corrected chi connectivity index (χ1v) is 4.74. The summed E-state index contributed by atoms with van der Waals surface area (Å²) in [5.41, 5.74) is 2.67. The van der Waals surface area contributed by atoms with Crippen LogP contribution in [0.15, 0.2) is 35.7 Å². The Balaban J connectivity index is 2.54. The molecule has 0 fully saturated rings. The van der Waals surface area contributed by atoms with Crippen molar-refractivity contribution in [2.24, 2.45) is 0 Å². The third kappa shape index (κ3) is 1.47. The van der Waals surface area contributed by atoms with Crippen LogP contribution in [0.2, 0.25) is 0 Å². The Bertz CT molecular complexity index is 437. The molecule has 1 aromatic carbocycles. The van der Waals surface area contributed by atoms with Gasteiger partial charge in [-0.1, -0.05) is 30.3 Å². The van der Waals surface area contributed by atoms with E-state index < -0.39 is 0 Å². The Morgan fingerprint density at radius 2 is 2.00 bits per heavy atom. The smallest absolute Gasteiger partial charge is 0.101 e. The lowest BCUT2D eigenvalue weighted by molar-refractivity contribution is 1.50. The van der Waals surface area contributed by atoms with Gasteiger partial charge in [0.2, 0.25) is 0 Å². The van der Waals surface area contributed by atoms with Crippen molar-refractivity contribution in [3.63, 3.8) is 0 Å². The van der Waals surface area contributed by atoms with E-state index in [1.807, 2.05) is 35.7 Å². The van der Waals surface area contributed by atoms with Crippen molar-refractivity contribution >= 4 is 11.3 Å². The highest BCUT2D eigenvalue weighted by Crippen LogP contribution is 2.25. The van der Waals surface area contributed by atoms with Gasteiger partial charge >= 0.3 is 0 Å². The zero-order valence-corrected chi connectivity index (χ0v) is 7.64. The summed E-state index contributed by atoms with van der Waals surface area (Å²) in [6.07, 6.45) is 0. The lowest BCUT2D eigenvalue weighted by Gasteiger charge is -1.95. The topological polar surface area (TPSA) is 23.8 Å². The predicted molar refractivity (Wildman–Crippen MR) is 53.3 cm³/mol. The van der Waals surface area contributed by atoms with Gasteiger partial charge in [0.25, 0.3) is 0 Å². The highest BCUT2D eigenvalue weighted by Gasteiger charge is 2.04. The summed E-state index contributed by atoms with van der Waals surface area (Å²) < 4.78 is 0. The van der Waals surface area contributed by atoms with Gasteiger partial charge in [-0.15, -0.1) is 11.3 Å². The molecule has 2 rings (SSSR count). The summed E-state index contributed by atoms with van der Waals surface area (Å²) in [6.45, 7) is 0. The molecule has 0 spiro atoms. The molecule has 0 bridgehead atoms. The van der Waals surface area contributed by atoms with E-state index in [0.717, 1.165) is 11.1 Å². The fourth-order valence-electron chi connectivity index (χ4n) is 1.16. The molecule has 0 N–H and O–H groups in total. The molecule has 1 aromatic heterocycles. The van der Waals surface area contributed by atoms with Crippen LogP contribution >= 0.6 is 11.3 Å². The van der Waals surface area contributed by atoms with E-state index in [0.29, 0.717) is 5.56 Å². The minimum atomic E-state index is 0.705. The maximum absolute atomic E-state index is 8.81. The van der Waals surface area contributed by atoms with Gasteiger partial charge in [0.15, 0.2) is 0 Å². The standard InChI is InChI=1S/C11H6NS/c12-6-10-7-13-8-11(10)9-4-2-1-3-5-9/h1-5,7H. The third-order valence-electron chi connectivity index (χ3n) is 1.79. The molecule has 2 aromatic rings. The summed E-state index contributed by atoms with van der Waals surface area (Å²) in [6, 6.07) is 12.0. The minimum absolute atomic E-state index is 0.705. The van der Waals surface area contributed by atoms with Crippen molar-refractivity contribution in [3.05, 3.63) is 46.7 Å². The Morgan fingerprint density at radius 3 is 2.69 bits per heavy atom. The minimum Gasteiger partial charge on any atom is -0.192 e. The summed E-state index contributed by atoms with van der Waals surface area (Å²) in [4.78, 5) is 0. The number of nitrogens with zero attached hydrogens (tertiary/aromatic N) is 1. The second-order valence-corrected chi connectivity index (χ2v) is 3.28. The van der Waals surface area contributed by atoms with E-state index in [2.05, 4.69) is 11.4 Å². The second-order valence-electron chi connectivity index (χ2n) is 2.60. The van der Waals surface area contributed by atoms with Crippen LogP contribution in [0.25, 0.3) is 11.1 Å². The molecular weight excluding hydrogens is 178 g/mol. The Hall–Kier alpha value is -1.59. The predicted octanol–water partition coefficient (Wildman–Crippen LogP) is 3.09. The van der Waals surface area contributed by atoms with Crippen molar-refractivity contribution in [1.82, 2.24) is 0 Å². The number of hydrogen-bond donors (Lipinski definition) is 0. The summed E-state index contributed by atoms with van der Waals surface area (Å²) in [7, 11) is 0. The normalized spacial score (nSPS) is 9.46. The molecule has 0 aliphatic carbocycles. The van der Waals surface area contributed by atoms with Gasteiger partial charge in [0, 0.05) is 10.9 Å². The molecule has 0 aliphatic heterocycles. The molecule has 0 aliphatic rings. The average Bonchev–Trinajstić information content (AvgIpc) is 2.67. The van der Waals surface area contributed by atoms with Crippen LogP contribution in [0.3, 0.4) is 0 Å². The van der Waals surface area contributed by atoms with Crippen LogP contribution in [0.5, 0.6) is 0 Å². The van der Waals surface area contributed by atoms with Crippen molar-refractivity contribution in [3.8, 4) is 17.2 Å². The largest absolute Gasteiger partial charge is 0.192 e. The van der Waals surface area contributed by atoms with Crippen LogP contribution in [-0.4, -0.2) is 0 Å². The fourth-order valence-corrected chi connectivity index (χ4v) is 1.86. The quantitative estimate of drug-likeness (QED) is 0.668. The monoisotopic (exact) mass is 184 g/mol. The van der Waals surface area contributed by atoms with Gasteiger partial charge < -0.3 is 0 Å². The maximum atomic E-state index is 8.81. The first kappa shape index (κ1) is 8.03. The molecule has 0 atom stereocenters. The van der Waals surface area contributed by atoms with E-state index in [1.54, 1.807) is 0 Å². The van der Waals surface area contributed by atoms with Gasteiger partial charge in [0.1, 0.15) is 6.07 Å². The van der Waals surface area contributed by atoms with Gasteiger partial charge in [-0.05, 0) is 5.56 Å². The molecule has 0 saturated carbocycles. The van der Waals surface area contributed by atoms with Crippen LogP contribution < -0.4 is 0 Å². The number of benzene rings is 1. The second kappa shape index (κ2) is 3.42. The van der Waals surface area contributed by atoms with E-state index >= 15 is 0 Å². The maximum Gasteiger partial charge on any atom is 0.101 e. The SMILES string of the molecule is N#Cc1cs[c]c1-c1ccccc1. The zero-order valence-electron chi connectivity index (χ0n) is 6.82. The van der Waals surface area contributed by atoms with Gasteiger partial charge in [-0.2, -0.15) is 5.26 Å². The fraction of sp³-hybridized carbons (Fsp3) is 0. The molecule has 1 nitrogen and oxygen atoms in total. The van der Waals surface area contributed by atoms with Crippen LogP contribution in [0.1, 0.15) is 5.56 Å². The molecule has 1 heterocycles. The Labute approximate surface area is 80.9 Å². The van der Waals surface area contributed by atoms with E-state index in [-0.39, 0.29) is 0 Å². The van der Waals surface area contributed by atoms with Crippen LogP contribution in [0.4, 0.5) is 0 Å². The zero-order chi connectivity index (χ0) is 9.10. The highest BCUT2D eigenvalue weighted by molar-refractivity contribution is 7.08. The molecule has 61 valence electrons. The van der Waals surface area contributed by atoms with Gasteiger partial charge in [0.05, 0.1) is 10.9 Å². The van der Waals surface area contributed by atoms with E-state index in [9.17, 15) is 0 Å². The first-order valence-electron chi connectivity index (χ1n) is 3.86. The van der Waals surface area contributed by atoms with Gasteiger partial charge in [-0.3, -0.25) is 0 Å². The van der Waals surface area contributed by atoms with Gasteiger partial charge in [-0.25, -0.2) is 0 Å². The molecule has 0 saturated heterocycles. The number of rotatable bonds is 1. The van der Waals surface area contributed by atoms with Crippen molar-refractivity contribution in [2.75, 3.05) is 0 Å². The number of hydrogen-bond acceptors (Lipinski definition) is 2. The van der Waals surface area contributed by atoms with Crippen molar-refractivity contribution < 1.29 is 0 Å². The molecule has 13 heavy (non-hydrogen) atoms. The summed E-state index contributed by atoms with van der Waals surface area (Å²) in [5.74, 6) is 0. The molecule has 1 radical (unpaired) electrons. The highest BCUT2D eigenvalue weighted by atomic mass is 32.1. The number of thiophene rings is 1. The summed E-state index contributed by atoms with van der Waals surface area (Å²) >= 11 is 1.44.